The van der Waals surface area contributed by atoms with Crippen molar-refractivity contribution in [3.8, 4) is 11.3 Å². The Hall–Kier alpha value is -2.56. The molecule has 4 nitrogen and oxygen atoms in total. The Morgan fingerprint density at radius 1 is 0.962 bits per heavy atom. The maximum Gasteiger partial charge on any atom is 0.289 e. The van der Waals surface area contributed by atoms with E-state index in [1.54, 1.807) is 23.1 Å². The second-order valence-corrected chi connectivity index (χ2v) is 6.30. The maximum atomic E-state index is 12.8. The van der Waals surface area contributed by atoms with Crippen molar-refractivity contribution in [2.75, 3.05) is 19.7 Å². The van der Waals surface area contributed by atoms with Gasteiger partial charge < -0.3 is 14.4 Å². The van der Waals surface area contributed by atoms with Crippen LogP contribution < -0.4 is 0 Å². The van der Waals surface area contributed by atoms with Gasteiger partial charge in [0.15, 0.2) is 5.76 Å². The third-order valence-electron chi connectivity index (χ3n) is 4.13. The van der Waals surface area contributed by atoms with E-state index in [0.717, 1.165) is 11.1 Å². The Balaban J connectivity index is 1.74. The molecule has 134 valence electrons. The summed E-state index contributed by atoms with van der Waals surface area (Å²) in [5, 5.41) is 9.87. The van der Waals surface area contributed by atoms with Crippen molar-refractivity contribution in [1.29, 1.82) is 0 Å². The molecule has 1 heterocycles. The van der Waals surface area contributed by atoms with Gasteiger partial charge in [0.25, 0.3) is 5.91 Å². The minimum Gasteiger partial charge on any atom is -0.451 e. The van der Waals surface area contributed by atoms with Crippen LogP contribution >= 0.6 is 11.6 Å². The molecule has 0 aliphatic carbocycles. The largest absolute Gasteiger partial charge is 0.451 e. The molecule has 3 aromatic rings. The molecule has 1 amide bonds. The molecule has 0 bridgehead atoms. The van der Waals surface area contributed by atoms with Gasteiger partial charge in [0.1, 0.15) is 5.76 Å². The van der Waals surface area contributed by atoms with Gasteiger partial charge in [0.05, 0.1) is 11.6 Å². The minimum atomic E-state index is -0.242. The summed E-state index contributed by atoms with van der Waals surface area (Å²) < 4.78 is 5.73. The number of hydrogen-bond donors (Lipinski definition) is 1. The zero-order valence-electron chi connectivity index (χ0n) is 14.3. The fourth-order valence-electron chi connectivity index (χ4n) is 2.76. The van der Waals surface area contributed by atoms with Crippen molar-refractivity contribution in [2.45, 2.75) is 6.42 Å². The quantitative estimate of drug-likeness (QED) is 0.676. The number of aliphatic hydroxyl groups excluding tert-OH is 1. The van der Waals surface area contributed by atoms with Gasteiger partial charge in [-0.25, -0.2) is 0 Å². The van der Waals surface area contributed by atoms with Crippen molar-refractivity contribution in [3.05, 3.63) is 83.1 Å². The predicted octanol–water partition coefficient (Wildman–Crippen LogP) is 4.28. The van der Waals surface area contributed by atoms with Crippen LogP contribution in [-0.2, 0) is 6.42 Å². The molecule has 5 heteroatoms. The Labute approximate surface area is 157 Å². The van der Waals surface area contributed by atoms with Crippen LogP contribution in [0, 0.1) is 0 Å². The summed E-state index contributed by atoms with van der Waals surface area (Å²) in [6.07, 6.45) is 0.713. The smallest absolute Gasteiger partial charge is 0.289 e. The first-order valence-corrected chi connectivity index (χ1v) is 8.85. The van der Waals surface area contributed by atoms with Crippen LogP contribution in [-0.4, -0.2) is 35.6 Å². The molecular formula is C21H20ClNO3. The van der Waals surface area contributed by atoms with Gasteiger partial charge in [-0.1, -0.05) is 54.1 Å². The summed E-state index contributed by atoms with van der Waals surface area (Å²) in [6.45, 7) is 0.665. The van der Waals surface area contributed by atoms with E-state index in [1.807, 2.05) is 48.5 Å². The minimum absolute atomic E-state index is 0.0986. The number of rotatable bonds is 7. The normalized spacial score (nSPS) is 10.7. The van der Waals surface area contributed by atoms with E-state index >= 15 is 0 Å². The maximum absolute atomic E-state index is 12.8. The Morgan fingerprint density at radius 3 is 2.42 bits per heavy atom. The first-order valence-electron chi connectivity index (χ1n) is 8.48. The van der Waals surface area contributed by atoms with Gasteiger partial charge >= 0.3 is 0 Å². The molecule has 2 aromatic carbocycles. The molecule has 0 fully saturated rings. The topological polar surface area (TPSA) is 53.7 Å². The van der Waals surface area contributed by atoms with Gasteiger partial charge in [-0.15, -0.1) is 0 Å². The number of nitrogens with zero attached hydrogens (tertiary/aromatic N) is 1. The summed E-state index contributed by atoms with van der Waals surface area (Å²) in [6, 6.07) is 20.6. The van der Waals surface area contributed by atoms with Crippen molar-refractivity contribution < 1.29 is 14.3 Å². The van der Waals surface area contributed by atoms with Crippen LogP contribution in [0.15, 0.2) is 71.1 Å². The van der Waals surface area contributed by atoms with E-state index in [9.17, 15) is 9.90 Å². The average Bonchev–Trinajstić information content (AvgIpc) is 3.15. The summed E-state index contributed by atoms with van der Waals surface area (Å²) in [5.41, 5.74) is 1.88. The highest BCUT2D eigenvalue weighted by Gasteiger charge is 2.20. The molecular weight excluding hydrogens is 350 g/mol. The van der Waals surface area contributed by atoms with Gasteiger partial charge in [-0.3, -0.25) is 4.79 Å². The molecule has 3 rings (SSSR count). The van der Waals surface area contributed by atoms with E-state index < -0.39 is 0 Å². The fraction of sp³-hybridized carbons (Fsp3) is 0.190. The van der Waals surface area contributed by atoms with Gasteiger partial charge in [0.2, 0.25) is 0 Å². The third-order valence-corrected chi connectivity index (χ3v) is 4.46. The number of carbonyl (C=O) groups is 1. The lowest BCUT2D eigenvalue weighted by Crippen LogP contribution is -2.35. The zero-order valence-corrected chi connectivity index (χ0v) is 15.0. The number of aliphatic hydroxyl groups is 1. The van der Waals surface area contributed by atoms with Crippen LogP contribution in [0.5, 0.6) is 0 Å². The van der Waals surface area contributed by atoms with Crippen LogP contribution in [0.3, 0.4) is 0 Å². The Bertz CT molecular complexity index is 860. The lowest BCUT2D eigenvalue weighted by atomic mass is 10.1. The molecule has 0 spiro atoms. The summed E-state index contributed by atoms with van der Waals surface area (Å²) in [7, 11) is 0. The number of benzene rings is 2. The molecule has 0 aliphatic heterocycles. The van der Waals surface area contributed by atoms with Gasteiger partial charge in [-0.05, 0) is 36.2 Å². The predicted molar refractivity (Wildman–Crippen MR) is 102 cm³/mol. The van der Waals surface area contributed by atoms with E-state index in [0.29, 0.717) is 23.7 Å². The highest BCUT2D eigenvalue weighted by Crippen LogP contribution is 2.29. The van der Waals surface area contributed by atoms with Crippen LogP contribution in [0.4, 0.5) is 0 Å². The number of carbonyl (C=O) groups excluding carboxylic acids is 1. The molecule has 0 aliphatic rings. The second-order valence-electron chi connectivity index (χ2n) is 5.90. The Kier molecular flexibility index (Phi) is 6.10. The fourth-order valence-corrected chi connectivity index (χ4v) is 2.99. The summed E-state index contributed by atoms with van der Waals surface area (Å²) in [4.78, 5) is 14.4. The van der Waals surface area contributed by atoms with Gasteiger partial charge in [0, 0.05) is 18.7 Å². The third kappa shape index (κ3) is 4.34. The molecule has 0 saturated carbocycles. The SMILES string of the molecule is O=C(c1ccc(-c2ccccc2Cl)o1)N(CCO)CCc1ccccc1. The van der Waals surface area contributed by atoms with E-state index in [2.05, 4.69) is 0 Å². The van der Waals surface area contributed by atoms with Gasteiger partial charge in [-0.2, -0.15) is 0 Å². The standard InChI is InChI=1S/C21H20ClNO3/c22-18-9-5-4-8-17(18)19-10-11-20(26-19)21(25)23(14-15-24)13-12-16-6-2-1-3-7-16/h1-11,24H,12-15H2. The number of furan rings is 1. The van der Waals surface area contributed by atoms with Crippen LogP contribution in [0.1, 0.15) is 16.1 Å². The summed E-state index contributed by atoms with van der Waals surface area (Å²) >= 11 is 6.19. The second kappa shape index (κ2) is 8.70. The number of amides is 1. The first-order chi connectivity index (χ1) is 12.7. The molecule has 0 radical (unpaired) electrons. The molecule has 1 N–H and O–H groups in total. The molecule has 0 atom stereocenters. The van der Waals surface area contributed by atoms with Crippen LogP contribution in [0.25, 0.3) is 11.3 Å². The number of halogens is 1. The highest BCUT2D eigenvalue weighted by molar-refractivity contribution is 6.33. The Morgan fingerprint density at radius 2 is 1.69 bits per heavy atom. The van der Waals surface area contributed by atoms with Crippen LogP contribution in [0.2, 0.25) is 5.02 Å². The van der Waals surface area contributed by atoms with Crippen molar-refractivity contribution >= 4 is 17.5 Å². The van der Waals surface area contributed by atoms with E-state index in [1.165, 1.54) is 0 Å². The van der Waals surface area contributed by atoms with E-state index in [4.69, 9.17) is 16.0 Å². The van der Waals surface area contributed by atoms with E-state index in [-0.39, 0.29) is 24.8 Å². The summed E-state index contributed by atoms with van der Waals surface area (Å²) in [5.74, 6) is 0.542. The monoisotopic (exact) mass is 369 g/mol. The van der Waals surface area contributed by atoms with Crippen molar-refractivity contribution in [1.82, 2.24) is 4.90 Å². The molecule has 0 saturated heterocycles. The molecule has 0 unspecified atom stereocenters. The lowest BCUT2D eigenvalue weighted by molar-refractivity contribution is 0.0693. The van der Waals surface area contributed by atoms with Crippen molar-refractivity contribution in [2.24, 2.45) is 0 Å². The molecule has 26 heavy (non-hydrogen) atoms. The highest BCUT2D eigenvalue weighted by atomic mass is 35.5. The lowest BCUT2D eigenvalue weighted by Gasteiger charge is -2.20. The first kappa shape index (κ1) is 18.2. The zero-order chi connectivity index (χ0) is 18.4. The van der Waals surface area contributed by atoms with Crippen molar-refractivity contribution in [3.63, 3.8) is 0 Å². The average molecular weight is 370 g/mol. The molecule has 1 aromatic heterocycles. The number of hydrogen-bond acceptors (Lipinski definition) is 3.